The molecule has 0 aromatic carbocycles. The van der Waals surface area contributed by atoms with Gasteiger partial charge in [-0.15, -0.1) is 0 Å². The average molecular weight is 138 g/mol. The molecule has 1 fully saturated rings. The van der Waals surface area contributed by atoms with E-state index in [1.165, 1.54) is 25.7 Å². The van der Waals surface area contributed by atoms with Gasteiger partial charge in [0.25, 0.3) is 0 Å². The quantitative estimate of drug-likeness (QED) is 0.423. The number of carbonyl (C=O) groups excluding carboxylic acids is 1. The molecule has 0 spiro atoms. The third kappa shape index (κ3) is 1.98. The van der Waals surface area contributed by atoms with E-state index in [2.05, 4.69) is 6.08 Å². The SMILES string of the molecule is CC(C=O)=CC1CCCC1. The summed E-state index contributed by atoms with van der Waals surface area (Å²) in [5.74, 6) is 0.699. The highest BCUT2D eigenvalue weighted by molar-refractivity contribution is 5.72. The van der Waals surface area contributed by atoms with Gasteiger partial charge in [0.1, 0.15) is 6.29 Å². The fraction of sp³-hybridized carbons (Fsp3) is 0.667. The Bertz CT molecular complexity index is 141. The van der Waals surface area contributed by atoms with E-state index in [1.54, 1.807) is 0 Å². The molecular weight excluding hydrogens is 124 g/mol. The van der Waals surface area contributed by atoms with Gasteiger partial charge in [0.05, 0.1) is 0 Å². The van der Waals surface area contributed by atoms with Crippen LogP contribution in [0.4, 0.5) is 0 Å². The molecule has 1 rings (SSSR count). The van der Waals surface area contributed by atoms with Crippen molar-refractivity contribution in [2.75, 3.05) is 0 Å². The Hall–Kier alpha value is -0.590. The first-order valence-electron chi connectivity index (χ1n) is 3.96. The van der Waals surface area contributed by atoms with Crippen LogP contribution in [-0.4, -0.2) is 6.29 Å². The number of allylic oxidation sites excluding steroid dienone is 2. The third-order valence-corrected chi connectivity index (χ3v) is 2.08. The average Bonchev–Trinajstić information content (AvgIpc) is 2.40. The first kappa shape index (κ1) is 7.52. The second-order valence-corrected chi connectivity index (χ2v) is 3.07. The molecule has 0 radical (unpaired) electrons. The molecule has 1 nitrogen and oxygen atoms in total. The lowest BCUT2D eigenvalue weighted by molar-refractivity contribution is -0.104. The monoisotopic (exact) mass is 138 g/mol. The molecule has 0 aliphatic heterocycles. The van der Waals surface area contributed by atoms with Crippen LogP contribution in [0.15, 0.2) is 11.6 Å². The van der Waals surface area contributed by atoms with Crippen molar-refractivity contribution in [1.29, 1.82) is 0 Å². The van der Waals surface area contributed by atoms with Crippen LogP contribution < -0.4 is 0 Å². The summed E-state index contributed by atoms with van der Waals surface area (Å²) in [6.45, 7) is 1.88. The maximum Gasteiger partial charge on any atom is 0.145 e. The van der Waals surface area contributed by atoms with Crippen LogP contribution in [-0.2, 0) is 4.79 Å². The predicted molar refractivity (Wildman–Crippen MR) is 41.8 cm³/mol. The minimum Gasteiger partial charge on any atom is -0.298 e. The van der Waals surface area contributed by atoms with Crippen molar-refractivity contribution in [3.63, 3.8) is 0 Å². The molecule has 0 bridgehead atoms. The van der Waals surface area contributed by atoms with E-state index < -0.39 is 0 Å². The van der Waals surface area contributed by atoms with Crippen LogP contribution in [0, 0.1) is 5.92 Å². The van der Waals surface area contributed by atoms with Crippen LogP contribution in [0.3, 0.4) is 0 Å². The van der Waals surface area contributed by atoms with Crippen LogP contribution in [0.1, 0.15) is 32.6 Å². The van der Waals surface area contributed by atoms with Crippen molar-refractivity contribution in [3.05, 3.63) is 11.6 Å². The van der Waals surface area contributed by atoms with Gasteiger partial charge in [0.15, 0.2) is 0 Å². The van der Waals surface area contributed by atoms with E-state index in [9.17, 15) is 4.79 Å². The summed E-state index contributed by atoms with van der Waals surface area (Å²) in [5, 5.41) is 0. The molecule has 0 heterocycles. The van der Waals surface area contributed by atoms with Gasteiger partial charge >= 0.3 is 0 Å². The third-order valence-electron chi connectivity index (χ3n) is 2.08. The molecule has 56 valence electrons. The standard InChI is InChI=1S/C9H14O/c1-8(7-10)6-9-4-2-3-5-9/h6-7,9H,2-5H2,1H3. The van der Waals surface area contributed by atoms with Crippen molar-refractivity contribution < 1.29 is 4.79 Å². The highest BCUT2D eigenvalue weighted by Crippen LogP contribution is 2.26. The lowest BCUT2D eigenvalue weighted by atomic mass is 10.1. The Labute approximate surface area is 62.1 Å². The summed E-state index contributed by atoms with van der Waals surface area (Å²) >= 11 is 0. The highest BCUT2D eigenvalue weighted by atomic mass is 16.1. The molecule has 1 aliphatic rings. The van der Waals surface area contributed by atoms with Crippen molar-refractivity contribution in [2.24, 2.45) is 5.92 Å². The van der Waals surface area contributed by atoms with E-state index in [0.29, 0.717) is 5.92 Å². The number of aldehydes is 1. The molecule has 0 aromatic rings. The molecule has 0 unspecified atom stereocenters. The van der Waals surface area contributed by atoms with E-state index in [-0.39, 0.29) is 0 Å². The van der Waals surface area contributed by atoms with Gasteiger partial charge in [-0.05, 0) is 31.3 Å². The smallest absolute Gasteiger partial charge is 0.145 e. The molecule has 0 saturated heterocycles. The Morgan fingerprint density at radius 3 is 2.50 bits per heavy atom. The van der Waals surface area contributed by atoms with E-state index in [1.807, 2.05) is 6.92 Å². The van der Waals surface area contributed by atoms with Gasteiger partial charge in [0.2, 0.25) is 0 Å². The summed E-state index contributed by atoms with van der Waals surface area (Å²) in [5.41, 5.74) is 0.895. The Morgan fingerprint density at radius 2 is 2.00 bits per heavy atom. The van der Waals surface area contributed by atoms with Crippen molar-refractivity contribution in [2.45, 2.75) is 32.6 Å². The fourth-order valence-electron chi connectivity index (χ4n) is 1.54. The zero-order valence-corrected chi connectivity index (χ0v) is 6.47. The maximum absolute atomic E-state index is 10.2. The molecule has 10 heavy (non-hydrogen) atoms. The number of rotatable bonds is 2. The van der Waals surface area contributed by atoms with Gasteiger partial charge < -0.3 is 0 Å². The maximum atomic E-state index is 10.2. The van der Waals surface area contributed by atoms with Gasteiger partial charge in [-0.25, -0.2) is 0 Å². The Morgan fingerprint density at radius 1 is 1.40 bits per heavy atom. The minimum atomic E-state index is 0.699. The Kier molecular flexibility index (Phi) is 2.67. The summed E-state index contributed by atoms with van der Waals surface area (Å²) < 4.78 is 0. The van der Waals surface area contributed by atoms with Crippen molar-refractivity contribution in [1.82, 2.24) is 0 Å². The Balaban J connectivity index is 2.42. The first-order chi connectivity index (χ1) is 4.83. The van der Waals surface area contributed by atoms with E-state index in [0.717, 1.165) is 11.9 Å². The van der Waals surface area contributed by atoms with Gasteiger partial charge in [0, 0.05) is 0 Å². The van der Waals surface area contributed by atoms with Crippen LogP contribution >= 0.6 is 0 Å². The van der Waals surface area contributed by atoms with Crippen molar-refractivity contribution >= 4 is 6.29 Å². The zero-order chi connectivity index (χ0) is 7.40. The van der Waals surface area contributed by atoms with Crippen molar-refractivity contribution in [3.8, 4) is 0 Å². The van der Waals surface area contributed by atoms with Gasteiger partial charge in [-0.3, -0.25) is 4.79 Å². The fourth-order valence-corrected chi connectivity index (χ4v) is 1.54. The summed E-state index contributed by atoms with van der Waals surface area (Å²) in [6.07, 6.45) is 8.30. The normalized spacial score (nSPS) is 21.5. The van der Waals surface area contributed by atoms with Crippen LogP contribution in [0.5, 0.6) is 0 Å². The molecule has 1 saturated carbocycles. The summed E-state index contributed by atoms with van der Waals surface area (Å²) in [7, 11) is 0. The van der Waals surface area contributed by atoms with Gasteiger partial charge in [-0.1, -0.05) is 18.9 Å². The summed E-state index contributed by atoms with van der Waals surface area (Å²) in [6, 6.07) is 0. The topological polar surface area (TPSA) is 17.1 Å². The van der Waals surface area contributed by atoms with Crippen LogP contribution in [0.25, 0.3) is 0 Å². The molecule has 0 N–H and O–H groups in total. The molecule has 0 aromatic heterocycles. The minimum absolute atomic E-state index is 0.699. The molecule has 1 heteroatoms. The molecule has 1 aliphatic carbocycles. The zero-order valence-electron chi connectivity index (χ0n) is 6.47. The van der Waals surface area contributed by atoms with Gasteiger partial charge in [-0.2, -0.15) is 0 Å². The second kappa shape index (κ2) is 3.55. The van der Waals surface area contributed by atoms with E-state index in [4.69, 9.17) is 0 Å². The molecule has 0 atom stereocenters. The highest BCUT2D eigenvalue weighted by Gasteiger charge is 2.11. The number of carbonyl (C=O) groups is 1. The number of hydrogen-bond acceptors (Lipinski definition) is 1. The molecule has 0 amide bonds. The predicted octanol–water partition coefficient (Wildman–Crippen LogP) is 2.32. The van der Waals surface area contributed by atoms with Crippen LogP contribution in [0.2, 0.25) is 0 Å². The largest absolute Gasteiger partial charge is 0.298 e. The summed E-state index contributed by atoms with van der Waals surface area (Å²) in [4.78, 5) is 10.2. The first-order valence-corrected chi connectivity index (χ1v) is 3.96. The second-order valence-electron chi connectivity index (χ2n) is 3.07. The molecular formula is C9H14O. The lowest BCUT2D eigenvalue weighted by Crippen LogP contribution is -1.88. The van der Waals surface area contributed by atoms with E-state index >= 15 is 0 Å². The number of hydrogen-bond donors (Lipinski definition) is 0. The lowest BCUT2D eigenvalue weighted by Gasteiger charge is -1.99.